The summed E-state index contributed by atoms with van der Waals surface area (Å²) in [6.07, 6.45) is 9.67. The molecule has 116 valence electrons. The quantitative estimate of drug-likeness (QED) is 0.494. The van der Waals surface area contributed by atoms with Gasteiger partial charge in [-0.05, 0) is 62.7 Å². The number of hydrogen-bond donors (Lipinski definition) is 0. The molecule has 1 saturated carbocycles. The highest BCUT2D eigenvalue weighted by Crippen LogP contribution is 2.47. The van der Waals surface area contributed by atoms with Gasteiger partial charge in [-0.15, -0.1) is 0 Å². The predicted octanol–water partition coefficient (Wildman–Crippen LogP) is 5.07. The number of halogens is 1. The molecule has 3 heteroatoms. The van der Waals surface area contributed by atoms with Crippen molar-refractivity contribution in [2.45, 2.75) is 64.6 Å². The van der Waals surface area contributed by atoms with Crippen LogP contribution in [0.3, 0.4) is 0 Å². The maximum absolute atomic E-state index is 5.93. The molecule has 0 aromatic carbocycles. The highest BCUT2D eigenvalue weighted by molar-refractivity contribution is 9.09. The Labute approximate surface area is 132 Å². The number of ether oxygens (including phenoxy) is 2. The van der Waals surface area contributed by atoms with Crippen LogP contribution in [0.4, 0.5) is 0 Å². The van der Waals surface area contributed by atoms with Crippen molar-refractivity contribution in [1.82, 2.24) is 0 Å². The molecule has 3 atom stereocenters. The fourth-order valence-corrected chi connectivity index (χ4v) is 4.69. The fraction of sp³-hybridized carbons (Fsp3) is 0.882. The molecule has 20 heavy (non-hydrogen) atoms. The van der Waals surface area contributed by atoms with Crippen molar-refractivity contribution >= 4 is 15.9 Å². The van der Waals surface area contributed by atoms with Gasteiger partial charge in [0, 0.05) is 11.9 Å². The summed E-state index contributed by atoms with van der Waals surface area (Å²) in [5.41, 5.74) is 1.84. The normalized spacial score (nSPS) is 35.2. The molecule has 2 aliphatic rings. The molecule has 1 aliphatic heterocycles. The molecule has 1 heterocycles. The van der Waals surface area contributed by atoms with Gasteiger partial charge in [0.2, 0.25) is 0 Å². The summed E-state index contributed by atoms with van der Waals surface area (Å²) in [7, 11) is 0. The van der Waals surface area contributed by atoms with Crippen LogP contribution in [-0.2, 0) is 9.47 Å². The van der Waals surface area contributed by atoms with Crippen LogP contribution in [0.2, 0.25) is 0 Å². The van der Waals surface area contributed by atoms with Crippen molar-refractivity contribution in [3.8, 4) is 0 Å². The van der Waals surface area contributed by atoms with E-state index in [1.807, 2.05) is 0 Å². The minimum atomic E-state index is 0.0445. The fourth-order valence-electron chi connectivity index (χ4n) is 3.79. The van der Waals surface area contributed by atoms with Crippen LogP contribution in [0, 0.1) is 11.3 Å². The first-order valence-corrected chi connectivity index (χ1v) is 9.25. The van der Waals surface area contributed by atoms with Crippen LogP contribution in [0.25, 0.3) is 0 Å². The molecule has 0 amide bonds. The van der Waals surface area contributed by atoms with E-state index in [4.69, 9.17) is 9.47 Å². The van der Waals surface area contributed by atoms with E-state index in [2.05, 4.69) is 29.4 Å². The van der Waals surface area contributed by atoms with Gasteiger partial charge in [0.1, 0.15) is 0 Å². The molecular formula is C17H29BrO2. The van der Waals surface area contributed by atoms with Crippen LogP contribution in [0.5, 0.6) is 0 Å². The molecule has 0 aromatic rings. The van der Waals surface area contributed by atoms with Crippen LogP contribution in [-0.4, -0.2) is 24.8 Å². The Morgan fingerprint density at radius 3 is 2.95 bits per heavy atom. The second-order valence-corrected chi connectivity index (χ2v) is 7.41. The second-order valence-electron chi connectivity index (χ2n) is 6.61. The minimum Gasteiger partial charge on any atom is -0.353 e. The molecular weight excluding hydrogens is 316 g/mol. The van der Waals surface area contributed by atoms with Gasteiger partial charge in [0.25, 0.3) is 0 Å². The van der Waals surface area contributed by atoms with Crippen molar-refractivity contribution in [2.24, 2.45) is 11.3 Å². The molecule has 0 spiro atoms. The number of alkyl halides is 1. The number of hydrogen-bond acceptors (Lipinski definition) is 2. The van der Waals surface area contributed by atoms with E-state index in [9.17, 15) is 0 Å². The minimum absolute atomic E-state index is 0.0445. The first-order valence-electron chi connectivity index (χ1n) is 8.12. The van der Waals surface area contributed by atoms with Gasteiger partial charge in [-0.3, -0.25) is 0 Å². The molecule has 1 saturated heterocycles. The highest BCUT2D eigenvalue weighted by Gasteiger charge is 2.37. The van der Waals surface area contributed by atoms with Gasteiger partial charge >= 0.3 is 0 Å². The molecule has 2 rings (SSSR count). The van der Waals surface area contributed by atoms with E-state index in [1.165, 1.54) is 44.1 Å². The molecule has 1 unspecified atom stereocenters. The Bertz CT molecular complexity index is 308. The monoisotopic (exact) mass is 344 g/mol. The molecule has 1 aliphatic carbocycles. The van der Waals surface area contributed by atoms with Gasteiger partial charge in [-0.1, -0.05) is 35.0 Å². The number of rotatable bonds is 6. The van der Waals surface area contributed by atoms with Crippen LogP contribution >= 0.6 is 15.9 Å². The molecule has 2 nitrogen and oxygen atoms in total. The lowest BCUT2D eigenvalue weighted by Gasteiger charge is -2.43. The van der Waals surface area contributed by atoms with E-state index in [0.717, 1.165) is 31.4 Å². The smallest absolute Gasteiger partial charge is 0.157 e. The van der Waals surface area contributed by atoms with Gasteiger partial charge < -0.3 is 9.47 Å². The van der Waals surface area contributed by atoms with E-state index in [-0.39, 0.29) is 6.29 Å². The third-order valence-electron chi connectivity index (χ3n) is 5.09. The van der Waals surface area contributed by atoms with Gasteiger partial charge in [0.05, 0.1) is 6.61 Å². The number of allylic oxidation sites excluding steroid dienone is 1. The maximum Gasteiger partial charge on any atom is 0.157 e. The summed E-state index contributed by atoms with van der Waals surface area (Å²) in [6, 6.07) is 0. The zero-order valence-electron chi connectivity index (χ0n) is 12.8. The third-order valence-corrected chi connectivity index (χ3v) is 5.49. The van der Waals surface area contributed by atoms with E-state index < -0.39 is 0 Å². The molecule has 0 radical (unpaired) electrons. The van der Waals surface area contributed by atoms with Crippen LogP contribution in [0.1, 0.15) is 58.3 Å². The van der Waals surface area contributed by atoms with Crippen molar-refractivity contribution in [3.63, 3.8) is 0 Å². The summed E-state index contributed by atoms with van der Waals surface area (Å²) >= 11 is 3.62. The van der Waals surface area contributed by atoms with Crippen molar-refractivity contribution < 1.29 is 9.47 Å². The SMILES string of the molecule is C=C1CCC[C@@](C)(CCBr)[C@@H]1CCOC1CCCCO1. The first-order chi connectivity index (χ1) is 9.65. The third kappa shape index (κ3) is 4.32. The molecule has 2 fully saturated rings. The lowest BCUT2D eigenvalue weighted by atomic mass is 9.63. The summed E-state index contributed by atoms with van der Waals surface area (Å²) < 4.78 is 11.6. The summed E-state index contributed by atoms with van der Waals surface area (Å²) in [4.78, 5) is 0. The molecule has 0 bridgehead atoms. The predicted molar refractivity (Wildman–Crippen MR) is 87.2 cm³/mol. The summed E-state index contributed by atoms with van der Waals surface area (Å²) in [5.74, 6) is 0.609. The lowest BCUT2D eigenvalue weighted by Crippen LogP contribution is -2.34. The van der Waals surface area contributed by atoms with Crippen molar-refractivity contribution in [2.75, 3.05) is 18.5 Å². The zero-order valence-corrected chi connectivity index (χ0v) is 14.4. The Morgan fingerprint density at radius 2 is 2.25 bits per heavy atom. The maximum atomic E-state index is 5.93. The van der Waals surface area contributed by atoms with Gasteiger partial charge in [0.15, 0.2) is 6.29 Å². The van der Waals surface area contributed by atoms with Crippen LogP contribution in [0.15, 0.2) is 12.2 Å². The largest absolute Gasteiger partial charge is 0.353 e. The van der Waals surface area contributed by atoms with Crippen molar-refractivity contribution in [3.05, 3.63) is 12.2 Å². The van der Waals surface area contributed by atoms with Crippen LogP contribution < -0.4 is 0 Å². The zero-order chi connectivity index (χ0) is 14.4. The highest BCUT2D eigenvalue weighted by atomic mass is 79.9. The van der Waals surface area contributed by atoms with Gasteiger partial charge in [-0.25, -0.2) is 0 Å². The lowest BCUT2D eigenvalue weighted by molar-refractivity contribution is -0.165. The van der Waals surface area contributed by atoms with E-state index in [1.54, 1.807) is 0 Å². The van der Waals surface area contributed by atoms with E-state index in [0.29, 0.717) is 11.3 Å². The van der Waals surface area contributed by atoms with Crippen molar-refractivity contribution in [1.29, 1.82) is 0 Å². The standard InChI is InChI=1S/C17H29BrO2/c1-14-6-5-9-17(2,10-11-18)15(14)8-13-20-16-7-3-4-12-19-16/h15-16H,1,3-13H2,2H3/t15-,16?,17+/m1/s1. The first kappa shape index (κ1) is 16.5. The Kier molecular flexibility index (Phi) is 6.57. The average molecular weight is 345 g/mol. The average Bonchev–Trinajstić information content (AvgIpc) is 2.43. The summed E-state index contributed by atoms with van der Waals surface area (Å²) in [5, 5.41) is 1.08. The molecule has 0 aromatic heterocycles. The topological polar surface area (TPSA) is 18.5 Å². The second kappa shape index (κ2) is 7.95. The van der Waals surface area contributed by atoms with E-state index >= 15 is 0 Å². The Balaban J connectivity index is 1.82. The molecule has 0 N–H and O–H groups in total. The van der Waals surface area contributed by atoms with Gasteiger partial charge in [-0.2, -0.15) is 0 Å². The Hall–Kier alpha value is 0.140. The Morgan fingerprint density at radius 1 is 1.40 bits per heavy atom. The summed E-state index contributed by atoms with van der Waals surface area (Å²) in [6.45, 7) is 8.44.